The van der Waals surface area contributed by atoms with E-state index in [4.69, 9.17) is 12.2 Å². The fraction of sp³-hybridized carbons (Fsp3) is 0.174. The van der Waals surface area contributed by atoms with Crippen molar-refractivity contribution in [3.05, 3.63) is 82.9 Å². The fourth-order valence-corrected chi connectivity index (χ4v) is 4.71. The first-order valence-corrected chi connectivity index (χ1v) is 11.4. The van der Waals surface area contributed by atoms with Gasteiger partial charge in [0, 0.05) is 11.4 Å². The molecule has 0 bridgehead atoms. The van der Waals surface area contributed by atoms with Crippen molar-refractivity contribution >= 4 is 44.4 Å². The van der Waals surface area contributed by atoms with E-state index in [2.05, 4.69) is 15.4 Å². The molecule has 0 amide bonds. The lowest BCUT2D eigenvalue weighted by molar-refractivity contribution is 0.601. The lowest BCUT2D eigenvalue weighted by Gasteiger charge is -2.15. The smallest absolute Gasteiger partial charge is 0.261 e. The van der Waals surface area contributed by atoms with Crippen LogP contribution in [0.3, 0.4) is 0 Å². The molecular weight excluding hydrogens is 414 g/mol. The van der Waals surface area contributed by atoms with Gasteiger partial charge in [-0.25, -0.2) is 8.42 Å². The molecule has 30 heavy (non-hydrogen) atoms. The van der Waals surface area contributed by atoms with Gasteiger partial charge in [-0.15, -0.1) is 0 Å². The second-order valence-corrected chi connectivity index (χ2v) is 9.44. The molecule has 0 radical (unpaired) electrons. The maximum absolute atomic E-state index is 12.8. The van der Waals surface area contributed by atoms with Crippen molar-refractivity contribution < 1.29 is 8.42 Å². The normalized spacial score (nSPS) is 11.1. The first-order chi connectivity index (χ1) is 14.1. The fourth-order valence-electron chi connectivity index (χ4n) is 3.27. The van der Waals surface area contributed by atoms with Gasteiger partial charge in [-0.3, -0.25) is 4.72 Å². The Bertz CT molecular complexity index is 1160. The van der Waals surface area contributed by atoms with Gasteiger partial charge in [-0.1, -0.05) is 29.8 Å². The predicted molar refractivity (Wildman–Crippen MR) is 129 cm³/mol. The Morgan fingerprint density at radius 2 is 1.37 bits per heavy atom. The van der Waals surface area contributed by atoms with Crippen molar-refractivity contribution in [1.82, 2.24) is 0 Å². The molecule has 3 N–H and O–H groups in total. The molecule has 0 spiro atoms. The van der Waals surface area contributed by atoms with Crippen molar-refractivity contribution in [2.45, 2.75) is 32.6 Å². The van der Waals surface area contributed by atoms with Crippen LogP contribution >= 0.6 is 12.2 Å². The summed E-state index contributed by atoms with van der Waals surface area (Å²) in [7, 11) is -3.70. The first kappa shape index (κ1) is 21.8. The Morgan fingerprint density at radius 1 is 0.767 bits per heavy atom. The van der Waals surface area contributed by atoms with Gasteiger partial charge < -0.3 is 10.6 Å². The van der Waals surface area contributed by atoms with Crippen molar-refractivity contribution in [3.8, 4) is 0 Å². The largest absolute Gasteiger partial charge is 0.332 e. The van der Waals surface area contributed by atoms with E-state index < -0.39 is 10.0 Å². The van der Waals surface area contributed by atoms with E-state index >= 15 is 0 Å². The van der Waals surface area contributed by atoms with Crippen LogP contribution in [0.15, 0.2) is 65.6 Å². The molecule has 3 aromatic carbocycles. The zero-order valence-electron chi connectivity index (χ0n) is 17.4. The number of sulfonamides is 1. The van der Waals surface area contributed by atoms with Crippen LogP contribution in [0.2, 0.25) is 0 Å². The summed E-state index contributed by atoms with van der Waals surface area (Å²) in [4.78, 5) is 0.185. The summed E-state index contributed by atoms with van der Waals surface area (Å²) in [5, 5.41) is 6.61. The lowest BCUT2D eigenvalue weighted by Crippen LogP contribution is -2.19. The van der Waals surface area contributed by atoms with Gasteiger partial charge in [0.15, 0.2) is 5.11 Å². The van der Waals surface area contributed by atoms with E-state index in [0.717, 1.165) is 27.9 Å². The molecule has 0 atom stereocenters. The Kier molecular flexibility index (Phi) is 6.43. The van der Waals surface area contributed by atoms with Gasteiger partial charge in [-0.2, -0.15) is 0 Å². The highest BCUT2D eigenvalue weighted by Gasteiger charge is 2.17. The molecule has 0 aromatic heterocycles. The molecular formula is C23H25N3O2S2. The molecule has 0 aliphatic carbocycles. The Balaban J connectivity index is 1.71. The summed E-state index contributed by atoms with van der Waals surface area (Å²) >= 11 is 5.34. The van der Waals surface area contributed by atoms with E-state index in [1.54, 1.807) is 24.3 Å². The molecule has 3 aromatic rings. The highest BCUT2D eigenvalue weighted by atomic mass is 32.2. The summed E-state index contributed by atoms with van der Waals surface area (Å²) in [6.45, 7) is 7.79. The second-order valence-electron chi connectivity index (χ2n) is 7.35. The SMILES string of the molecule is Cc1cccc(NC(=S)Nc2ccc(S(=O)(=O)Nc3c(C)cc(C)cc3C)cc2)c1. The number of aryl methyl sites for hydroxylation is 4. The van der Waals surface area contributed by atoms with Crippen LogP contribution in [-0.2, 0) is 10.0 Å². The minimum Gasteiger partial charge on any atom is -0.332 e. The molecule has 0 aliphatic rings. The van der Waals surface area contributed by atoms with Crippen molar-refractivity contribution in [2.24, 2.45) is 0 Å². The monoisotopic (exact) mass is 439 g/mol. The van der Waals surface area contributed by atoms with Crippen molar-refractivity contribution in [2.75, 3.05) is 15.4 Å². The number of hydrogen-bond donors (Lipinski definition) is 3. The average Bonchev–Trinajstić information content (AvgIpc) is 2.65. The Morgan fingerprint density at radius 3 is 1.97 bits per heavy atom. The summed E-state index contributed by atoms with van der Waals surface area (Å²) in [5.74, 6) is 0. The van der Waals surface area contributed by atoms with Gasteiger partial charge in [0.25, 0.3) is 10.0 Å². The third-order valence-corrected chi connectivity index (χ3v) is 6.18. The molecule has 0 saturated heterocycles. The molecule has 0 saturated carbocycles. The van der Waals surface area contributed by atoms with E-state index in [0.29, 0.717) is 16.5 Å². The number of anilines is 3. The number of benzene rings is 3. The van der Waals surface area contributed by atoms with Crippen molar-refractivity contribution in [1.29, 1.82) is 0 Å². The third kappa shape index (κ3) is 5.37. The van der Waals surface area contributed by atoms with Crippen LogP contribution in [0.5, 0.6) is 0 Å². The van der Waals surface area contributed by atoms with Gasteiger partial charge in [0.1, 0.15) is 0 Å². The Hall–Kier alpha value is -2.90. The van der Waals surface area contributed by atoms with Gasteiger partial charge in [0.2, 0.25) is 0 Å². The van der Waals surface area contributed by atoms with E-state index in [1.165, 1.54) is 0 Å². The van der Waals surface area contributed by atoms with Crippen LogP contribution in [-0.4, -0.2) is 13.5 Å². The van der Waals surface area contributed by atoms with Crippen LogP contribution in [0.1, 0.15) is 22.3 Å². The van der Waals surface area contributed by atoms with E-state index in [9.17, 15) is 8.42 Å². The van der Waals surface area contributed by atoms with Gasteiger partial charge >= 0.3 is 0 Å². The maximum Gasteiger partial charge on any atom is 0.261 e. The Labute approximate surface area is 183 Å². The summed E-state index contributed by atoms with van der Waals surface area (Å²) in [6.07, 6.45) is 0. The number of nitrogens with one attached hydrogen (secondary N) is 3. The molecule has 3 rings (SSSR count). The molecule has 0 heterocycles. The minimum atomic E-state index is -3.70. The predicted octanol–water partition coefficient (Wildman–Crippen LogP) is 5.53. The highest BCUT2D eigenvalue weighted by molar-refractivity contribution is 7.92. The molecule has 0 aliphatic heterocycles. The highest BCUT2D eigenvalue weighted by Crippen LogP contribution is 2.25. The van der Waals surface area contributed by atoms with Crippen LogP contribution in [0, 0.1) is 27.7 Å². The topological polar surface area (TPSA) is 70.2 Å². The van der Waals surface area contributed by atoms with Gasteiger partial charge in [-0.05, 0) is 93.0 Å². The molecule has 156 valence electrons. The van der Waals surface area contributed by atoms with Crippen LogP contribution < -0.4 is 15.4 Å². The zero-order valence-corrected chi connectivity index (χ0v) is 19.0. The van der Waals surface area contributed by atoms with Gasteiger partial charge in [0.05, 0.1) is 10.6 Å². The molecule has 7 heteroatoms. The summed E-state index contributed by atoms with van der Waals surface area (Å²) < 4.78 is 28.4. The van der Waals surface area contributed by atoms with Crippen LogP contribution in [0.25, 0.3) is 0 Å². The first-order valence-electron chi connectivity index (χ1n) is 9.49. The maximum atomic E-state index is 12.8. The van der Waals surface area contributed by atoms with Crippen LogP contribution in [0.4, 0.5) is 17.1 Å². The number of rotatable bonds is 5. The lowest BCUT2D eigenvalue weighted by atomic mass is 10.1. The molecule has 0 unspecified atom stereocenters. The quantitative estimate of drug-likeness (QED) is 0.456. The summed E-state index contributed by atoms with van der Waals surface area (Å²) in [6, 6.07) is 18.3. The van der Waals surface area contributed by atoms with E-state index in [-0.39, 0.29) is 4.90 Å². The number of hydrogen-bond acceptors (Lipinski definition) is 3. The number of thiocarbonyl (C=S) groups is 1. The average molecular weight is 440 g/mol. The minimum absolute atomic E-state index is 0.185. The third-order valence-electron chi connectivity index (χ3n) is 4.61. The molecule has 5 nitrogen and oxygen atoms in total. The zero-order chi connectivity index (χ0) is 21.9. The van der Waals surface area contributed by atoms with E-state index in [1.807, 2.05) is 64.1 Å². The summed E-state index contributed by atoms with van der Waals surface area (Å²) in [5.41, 5.74) is 6.21. The van der Waals surface area contributed by atoms with Crippen molar-refractivity contribution in [3.63, 3.8) is 0 Å². The molecule has 0 fully saturated rings. The standard InChI is InChI=1S/C23H25N3O2S2/c1-15-6-5-7-20(14-15)25-23(29)24-19-8-10-21(11-9-19)30(27,28)26-22-17(3)12-16(2)13-18(22)4/h5-14,26H,1-4H3,(H2,24,25,29). The second kappa shape index (κ2) is 8.85.